The summed E-state index contributed by atoms with van der Waals surface area (Å²) < 4.78 is 14.7. The van der Waals surface area contributed by atoms with Crippen molar-refractivity contribution in [1.82, 2.24) is 9.88 Å². The van der Waals surface area contributed by atoms with Crippen LogP contribution in [0.5, 0.6) is 0 Å². The number of pyridine rings is 1. The molecule has 1 aliphatic heterocycles. The molecular weight excluding hydrogens is 415 g/mol. The molecule has 1 aromatic heterocycles. The van der Waals surface area contributed by atoms with Crippen molar-refractivity contribution in [2.24, 2.45) is 10.7 Å². The minimum atomic E-state index is -1.03. The van der Waals surface area contributed by atoms with E-state index < -0.39 is 11.5 Å². The van der Waals surface area contributed by atoms with Gasteiger partial charge in [0.2, 0.25) is 5.91 Å². The zero-order valence-electron chi connectivity index (χ0n) is 18.8. The molecule has 2 atom stereocenters. The number of likely N-dealkylation sites (N-methyl/N-ethyl adjacent to an activating group) is 1. The van der Waals surface area contributed by atoms with Gasteiger partial charge in [0.05, 0.1) is 11.6 Å². The quantitative estimate of drug-likeness (QED) is 0.729. The second-order valence-electron chi connectivity index (χ2n) is 9.13. The van der Waals surface area contributed by atoms with Crippen molar-refractivity contribution >= 4 is 17.4 Å². The summed E-state index contributed by atoms with van der Waals surface area (Å²) in [5, 5.41) is 0. The van der Waals surface area contributed by atoms with Crippen LogP contribution in [0, 0.1) is 0 Å². The number of amides is 1. The summed E-state index contributed by atoms with van der Waals surface area (Å²) in [5.74, 6) is -0.176. The van der Waals surface area contributed by atoms with Crippen LogP contribution in [0.2, 0.25) is 0 Å². The molecule has 1 amide bonds. The molecule has 1 aromatic carbocycles. The Balaban J connectivity index is 1.61. The van der Waals surface area contributed by atoms with E-state index >= 15 is 0 Å². The molecule has 2 aliphatic carbocycles. The number of guanidine groups is 1. The summed E-state index contributed by atoms with van der Waals surface area (Å²) in [6, 6.07) is 11.9. The van der Waals surface area contributed by atoms with E-state index in [2.05, 4.69) is 17.1 Å². The maximum Gasteiger partial charge on any atom is 0.239 e. The molecule has 5 rings (SSSR count). The third-order valence-electron chi connectivity index (χ3n) is 6.84. The first-order valence-electron chi connectivity index (χ1n) is 11.3. The van der Waals surface area contributed by atoms with Crippen molar-refractivity contribution in [1.29, 1.82) is 0 Å². The fraction of sp³-hybridized carbons (Fsp3) is 0.296. The number of halogens is 1. The molecule has 5 nitrogen and oxygen atoms in total. The number of hydrogen-bond donors (Lipinski definition) is 1. The van der Waals surface area contributed by atoms with Crippen LogP contribution < -0.4 is 5.73 Å². The number of aromatic nitrogens is 1. The zero-order valence-corrected chi connectivity index (χ0v) is 18.8. The summed E-state index contributed by atoms with van der Waals surface area (Å²) in [6.07, 6.45) is 11.5. The smallest absolute Gasteiger partial charge is 0.239 e. The number of allylic oxidation sites excluding steroid dienone is 6. The molecule has 1 fully saturated rings. The topological polar surface area (TPSA) is 71.6 Å². The number of benzene rings is 1. The van der Waals surface area contributed by atoms with E-state index in [0.29, 0.717) is 22.7 Å². The molecule has 0 saturated heterocycles. The van der Waals surface area contributed by atoms with Crippen LogP contribution in [0.1, 0.15) is 60.4 Å². The van der Waals surface area contributed by atoms with Crippen molar-refractivity contribution in [2.75, 3.05) is 7.05 Å². The summed E-state index contributed by atoms with van der Waals surface area (Å²) in [7, 11) is 1.64. The van der Waals surface area contributed by atoms with E-state index in [1.165, 1.54) is 23.3 Å². The van der Waals surface area contributed by atoms with E-state index in [1.807, 2.05) is 37.3 Å². The molecule has 0 spiro atoms. The highest BCUT2D eigenvalue weighted by Gasteiger charge is 2.48. The average Bonchev–Trinajstić information content (AvgIpc) is 3.67. The molecule has 2 aromatic rings. The molecule has 2 N–H and O–H groups in total. The van der Waals surface area contributed by atoms with E-state index in [-0.39, 0.29) is 24.1 Å². The number of nitrogens with two attached hydrogens (primary N) is 1. The number of hydrogen-bond acceptors (Lipinski definition) is 4. The molecule has 1 saturated carbocycles. The third-order valence-corrected chi connectivity index (χ3v) is 6.84. The Kier molecular flexibility index (Phi) is 5.23. The number of aliphatic imine (C=N–C) groups is 1. The van der Waals surface area contributed by atoms with Gasteiger partial charge in [0.1, 0.15) is 11.4 Å². The second kappa shape index (κ2) is 8.10. The zero-order chi connectivity index (χ0) is 23.2. The summed E-state index contributed by atoms with van der Waals surface area (Å²) in [4.78, 5) is 24.2. The summed E-state index contributed by atoms with van der Waals surface area (Å²) in [6.45, 7) is 1.88. The van der Waals surface area contributed by atoms with Crippen LogP contribution >= 0.6 is 0 Å². The van der Waals surface area contributed by atoms with Crippen molar-refractivity contribution in [3.8, 4) is 0 Å². The largest absolute Gasteiger partial charge is 0.369 e. The predicted molar refractivity (Wildman–Crippen MR) is 128 cm³/mol. The predicted octanol–water partition coefficient (Wildman–Crippen LogP) is 4.94. The molecule has 0 bridgehead atoms. The minimum Gasteiger partial charge on any atom is -0.369 e. The Hall–Kier alpha value is -3.54. The highest BCUT2D eigenvalue weighted by atomic mass is 19.1. The Bertz CT molecular complexity index is 1220. The first-order chi connectivity index (χ1) is 15.9. The fourth-order valence-electron chi connectivity index (χ4n) is 4.70. The lowest BCUT2D eigenvalue weighted by molar-refractivity contribution is -0.130. The SMILES string of the molecule is CN1C(=O)[C@H](c2ccc(C3CC3)cc2)[C@@](C)(c2cc(C3=C(F)CC=CC=C3)ccn2)N=C1N. The van der Waals surface area contributed by atoms with Gasteiger partial charge >= 0.3 is 0 Å². The summed E-state index contributed by atoms with van der Waals surface area (Å²) >= 11 is 0. The maximum atomic E-state index is 14.7. The van der Waals surface area contributed by atoms with Gasteiger partial charge in [-0.15, -0.1) is 0 Å². The standard InChI is InChI=1S/C27H27FN4O/c1-27(23-16-20(14-15-30-23)21-6-4-3-5-7-22(21)28)24(25(33)32(2)26(29)31-27)19-12-10-18(11-13-19)17-8-9-17/h3-6,10-17,24H,7-9H2,1-2H3,(H2,29,31)/t24-,27+/m0/s1. The molecule has 0 unspecified atom stereocenters. The van der Waals surface area contributed by atoms with Crippen molar-refractivity contribution in [3.63, 3.8) is 0 Å². The van der Waals surface area contributed by atoms with E-state index in [9.17, 15) is 9.18 Å². The van der Waals surface area contributed by atoms with Crippen molar-refractivity contribution in [3.05, 3.63) is 95.1 Å². The van der Waals surface area contributed by atoms with Crippen molar-refractivity contribution in [2.45, 2.75) is 43.6 Å². The van der Waals surface area contributed by atoms with Crippen LogP contribution in [0.3, 0.4) is 0 Å². The van der Waals surface area contributed by atoms with E-state index in [0.717, 1.165) is 5.56 Å². The van der Waals surface area contributed by atoms with Gasteiger partial charge in [-0.25, -0.2) is 9.38 Å². The highest BCUT2D eigenvalue weighted by molar-refractivity contribution is 6.02. The Morgan fingerprint density at radius 2 is 1.85 bits per heavy atom. The Labute approximate surface area is 193 Å². The van der Waals surface area contributed by atoms with Gasteiger partial charge in [-0.3, -0.25) is 14.7 Å². The molecule has 2 heterocycles. The van der Waals surface area contributed by atoms with Crippen LogP contribution in [0.25, 0.3) is 5.57 Å². The molecule has 33 heavy (non-hydrogen) atoms. The number of carbonyl (C=O) groups excluding carboxylic acids is 1. The lowest BCUT2D eigenvalue weighted by atomic mass is 9.76. The van der Waals surface area contributed by atoms with Crippen LogP contribution in [-0.4, -0.2) is 28.8 Å². The summed E-state index contributed by atoms with van der Waals surface area (Å²) in [5.41, 5.74) is 9.07. The minimum absolute atomic E-state index is 0.139. The number of nitrogens with zero attached hydrogens (tertiary/aromatic N) is 3. The second-order valence-corrected chi connectivity index (χ2v) is 9.13. The first kappa shape index (κ1) is 21.3. The fourth-order valence-corrected chi connectivity index (χ4v) is 4.70. The molecular formula is C27H27FN4O. The first-order valence-corrected chi connectivity index (χ1v) is 11.3. The Morgan fingerprint density at radius 3 is 2.58 bits per heavy atom. The van der Waals surface area contributed by atoms with Crippen LogP contribution in [0.15, 0.2) is 77.7 Å². The van der Waals surface area contributed by atoms with Crippen LogP contribution in [0.4, 0.5) is 4.39 Å². The van der Waals surface area contributed by atoms with Gasteiger partial charge in [0.25, 0.3) is 0 Å². The number of rotatable bonds is 4. The van der Waals surface area contributed by atoms with Gasteiger partial charge in [-0.1, -0.05) is 48.6 Å². The van der Waals surface area contributed by atoms with Gasteiger partial charge in [-0.2, -0.15) is 0 Å². The number of carbonyl (C=O) groups is 1. The van der Waals surface area contributed by atoms with Gasteiger partial charge in [-0.05, 0) is 54.5 Å². The third kappa shape index (κ3) is 3.80. The lowest BCUT2D eigenvalue weighted by Gasteiger charge is -2.40. The van der Waals surface area contributed by atoms with Gasteiger partial charge in [0, 0.05) is 25.2 Å². The van der Waals surface area contributed by atoms with Crippen molar-refractivity contribution < 1.29 is 9.18 Å². The highest BCUT2D eigenvalue weighted by Crippen LogP contribution is 2.45. The van der Waals surface area contributed by atoms with E-state index in [4.69, 9.17) is 10.7 Å². The van der Waals surface area contributed by atoms with Gasteiger partial charge < -0.3 is 5.73 Å². The van der Waals surface area contributed by atoms with Gasteiger partial charge in [0.15, 0.2) is 5.96 Å². The average molecular weight is 443 g/mol. The molecule has 168 valence electrons. The maximum absolute atomic E-state index is 14.7. The van der Waals surface area contributed by atoms with Crippen LogP contribution in [-0.2, 0) is 10.3 Å². The molecule has 6 heteroatoms. The normalized spacial score (nSPS) is 25.3. The molecule has 0 radical (unpaired) electrons. The Morgan fingerprint density at radius 1 is 1.12 bits per heavy atom. The lowest BCUT2D eigenvalue weighted by Crippen LogP contribution is -2.52. The monoisotopic (exact) mass is 442 g/mol. The van der Waals surface area contributed by atoms with E-state index in [1.54, 1.807) is 31.5 Å². The molecule has 3 aliphatic rings.